The van der Waals surface area contributed by atoms with E-state index < -0.39 is 10.0 Å². The van der Waals surface area contributed by atoms with E-state index >= 15 is 0 Å². The van der Waals surface area contributed by atoms with Crippen LogP contribution in [0.15, 0.2) is 89.8 Å². The average Bonchev–Trinajstić information content (AvgIpc) is 2.79. The highest BCUT2D eigenvalue weighted by Crippen LogP contribution is 2.22. The number of nitrogens with one attached hydrogen (secondary N) is 2. The molecule has 1 unspecified atom stereocenters. The van der Waals surface area contributed by atoms with Crippen molar-refractivity contribution in [1.82, 2.24) is 4.90 Å². The third-order valence-corrected chi connectivity index (χ3v) is 5.98. The van der Waals surface area contributed by atoms with Gasteiger partial charge in [-0.15, -0.1) is 0 Å². The highest BCUT2D eigenvalue weighted by Gasteiger charge is 2.22. The Morgan fingerprint density at radius 1 is 0.788 bits per heavy atom. The van der Waals surface area contributed by atoms with E-state index in [1.54, 1.807) is 41.3 Å². The van der Waals surface area contributed by atoms with Crippen LogP contribution in [0, 0.1) is 0 Å². The number of anilines is 2. The van der Waals surface area contributed by atoms with Gasteiger partial charge in [-0.3, -0.25) is 14.5 Å². The van der Waals surface area contributed by atoms with E-state index in [4.69, 9.17) is 5.14 Å². The lowest BCUT2D eigenvalue weighted by atomic mass is 10.1. The molecule has 0 heterocycles. The van der Waals surface area contributed by atoms with Crippen LogP contribution >= 0.6 is 0 Å². The molecule has 4 N–H and O–H groups in total. The minimum absolute atomic E-state index is 0.00589. The number of para-hydroxylation sites is 2. The molecule has 33 heavy (non-hydrogen) atoms. The summed E-state index contributed by atoms with van der Waals surface area (Å²) >= 11 is 0. The molecular formula is C24H26N4O4S. The van der Waals surface area contributed by atoms with Gasteiger partial charge in [0.1, 0.15) is 0 Å². The maximum absolute atomic E-state index is 12.7. The monoisotopic (exact) mass is 466 g/mol. The molecule has 9 heteroatoms. The maximum atomic E-state index is 12.7. The lowest BCUT2D eigenvalue weighted by Crippen LogP contribution is -2.40. The number of rotatable bonds is 9. The fourth-order valence-corrected chi connectivity index (χ4v) is 3.80. The van der Waals surface area contributed by atoms with Crippen LogP contribution in [0.1, 0.15) is 18.5 Å². The minimum atomic E-state index is -3.81. The molecule has 172 valence electrons. The third kappa shape index (κ3) is 7.25. The quantitative estimate of drug-likeness (QED) is 0.448. The van der Waals surface area contributed by atoms with E-state index in [0.717, 1.165) is 5.56 Å². The number of primary sulfonamides is 1. The molecule has 0 fully saturated rings. The topological polar surface area (TPSA) is 122 Å². The zero-order valence-electron chi connectivity index (χ0n) is 18.1. The first-order chi connectivity index (χ1) is 15.7. The summed E-state index contributed by atoms with van der Waals surface area (Å²) in [6.07, 6.45) is 0. The summed E-state index contributed by atoms with van der Waals surface area (Å²) in [5, 5.41) is 10.8. The smallest absolute Gasteiger partial charge is 0.238 e. The van der Waals surface area contributed by atoms with Crippen LogP contribution in [-0.2, 0) is 19.6 Å². The average molecular weight is 467 g/mol. The summed E-state index contributed by atoms with van der Waals surface area (Å²) < 4.78 is 23.1. The molecule has 0 saturated heterocycles. The largest absolute Gasteiger partial charge is 0.325 e. The normalized spacial score (nSPS) is 12.2. The molecule has 2 amide bonds. The van der Waals surface area contributed by atoms with Gasteiger partial charge in [0.05, 0.1) is 18.0 Å². The van der Waals surface area contributed by atoms with Crippen molar-refractivity contribution in [3.8, 4) is 0 Å². The second kappa shape index (κ2) is 10.9. The van der Waals surface area contributed by atoms with Gasteiger partial charge in [0.25, 0.3) is 0 Å². The number of nitrogens with zero attached hydrogens (tertiary/aromatic N) is 1. The zero-order valence-corrected chi connectivity index (χ0v) is 19.0. The van der Waals surface area contributed by atoms with Crippen molar-refractivity contribution >= 4 is 33.2 Å². The number of hydrogen-bond donors (Lipinski definition) is 3. The van der Waals surface area contributed by atoms with E-state index in [1.165, 1.54) is 12.1 Å². The SMILES string of the molecule is CC(c1ccc(S(N)(=O)=O)cc1)N(CC(=O)Nc1ccccc1)CC(=O)Nc1ccccc1. The molecule has 8 nitrogen and oxygen atoms in total. The minimum Gasteiger partial charge on any atom is -0.325 e. The Morgan fingerprint density at radius 2 is 1.21 bits per heavy atom. The highest BCUT2D eigenvalue weighted by atomic mass is 32.2. The van der Waals surface area contributed by atoms with Gasteiger partial charge < -0.3 is 10.6 Å². The van der Waals surface area contributed by atoms with Gasteiger partial charge in [0.2, 0.25) is 21.8 Å². The Balaban J connectivity index is 1.77. The first-order valence-corrected chi connectivity index (χ1v) is 11.8. The Morgan fingerprint density at radius 3 is 1.61 bits per heavy atom. The first kappa shape index (κ1) is 24.1. The van der Waals surface area contributed by atoms with Crippen LogP contribution < -0.4 is 15.8 Å². The fourth-order valence-electron chi connectivity index (χ4n) is 3.29. The summed E-state index contributed by atoms with van der Waals surface area (Å²) in [7, 11) is -3.81. The van der Waals surface area contributed by atoms with Crippen LogP contribution in [0.5, 0.6) is 0 Å². The van der Waals surface area contributed by atoms with Crippen molar-refractivity contribution in [2.45, 2.75) is 17.9 Å². The Hall–Kier alpha value is -3.53. The summed E-state index contributed by atoms with van der Waals surface area (Å²) in [5.74, 6) is -0.552. The molecule has 0 aliphatic heterocycles. The highest BCUT2D eigenvalue weighted by molar-refractivity contribution is 7.89. The van der Waals surface area contributed by atoms with Gasteiger partial charge in [0.15, 0.2) is 0 Å². The standard InChI is InChI=1S/C24H26N4O4S/c1-18(19-12-14-22(15-13-19)33(25,31)32)28(16-23(29)26-20-8-4-2-5-9-20)17-24(30)27-21-10-6-3-7-11-21/h2-15,18H,16-17H2,1H3,(H,26,29)(H,27,30)(H2,25,31,32). The zero-order chi connectivity index (χ0) is 23.8. The second-order valence-corrected chi connectivity index (χ2v) is 9.08. The molecule has 3 aromatic carbocycles. The molecule has 0 aliphatic carbocycles. The van der Waals surface area contributed by atoms with E-state index in [9.17, 15) is 18.0 Å². The lowest BCUT2D eigenvalue weighted by Gasteiger charge is -2.28. The second-order valence-electron chi connectivity index (χ2n) is 7.52. The van der Waals surface area contributed by atoms with Gasteiger partial charge in [-0.2, -0.15) is 0 Å². The fraction of sp³-hybridized carbons (Fsp3) is 0.167. The predicted molar refractivity (Wildman–Crippen MR) is 128 cm³/mol. The summed E-state index contributed by atoms with van der Waals surface area (Å²) in [6.45, 7) is 1.75. The van der Waals surface area contributed by atoms with E-state index in [1.807, 2.05) is 43.3 Å². The Labute approximate surface area is 193 Å². The molecule has 0 radical (unpaired) electrons. The Kier molecular flexibility index (Phi) is 7.94. The van der Waals surface area contributed by atoms with E-state index in [-0.39, 0.29) is 35.8 Å². The molecule has 0 aromatic heterocycles. The molecule has 3 aromatic rings. The van der Waals surface area contributed by atoms with Crippen molar-refractivity contribution in [2.75, 3.05) is 23.7 Å². The molecule has 0 aliphatic rings. The van der Waals surface area contributed by atoms with Gasteiger partial charge in [-0.05, 0) is 48.9 Å². The molecule has 1 atom stereocenters. The van der Waals surface area contributed by atoms with Crippen LogP contribution in [0.25, 0.3) is 0 Å². The lowest BCUT2D eigenvalue weighted by molar-refractivity contribution is -0.120. The summed E-state index contributed by atoms with van der Waals surface area (Å²) in [4.78, 5) is 27.1. The van der Waals surface area contributed by atoms with Gasteiger partial charge in [0, 0.05) is 17.4 Å². The van der Waals surface area contributed by atoms with Gasteiger partial charge in [-0.1, -0.05) is 48.5 Å². The van der Waals surface area contributed by atoms with Gasteiger partial charge in [-0.25, -0.2) is 13.6 Å². The molecule has 0 saturated carbocycles. The molecule has 0 bridgehead atoms. The van der Waals surface area contributed by atoms with Crippen molar-refractivity contribution in [3.05, 3.63) is 90.5 Å². The van der Waals surface area contributed by atoms with Crippen LogP contribution in [0.3, 0.4) is 0 Å². The van der Waals surface area contributed by atoms with Crippen LogP contribution in [0.2, 0.25) is 0 Å². The van der Waals surface area contributed by atoms with Crippen molar-refractivity contribution in [2.24, 2.45) is 5.14 Å². The number of carbonyl (C=O) groups is 2. The van der Waals surface area contributed by atoms with Crippen LogP contribution in [0.4, 0.5) is 11.4 Å². The van der Waals surface area contributed by atoms with Crippen molar-refractivity contribution in [3.63, 3.8) is 0 Å². The van der Waals surface area contributed by atoms with Gasteiger partial charge >= 0.3 is 0 Å². The number of carbonyl (C=O) groups excluding carboxylic acids is 2. The maximum Gasteiger partial charge on any atom is 0.238 e. The number of sulfonamides is 1. The molecular weight excluding hydrogens is 440 g/mol. The third-order valence-electron chi connectivity index (χ3n) is 5.05. The molecule has 0 spiro atoms. The van der Waals surface area contributed by atoms with Crippen molar-refractivity contribution in [1.29, 1.82) is 0 Å². The predicted octanol–water partition coefficient (Wildman–Crippen LogP) is 2.97. The number of hydrogen-bond acceptors (Lipinski definition) is 5. The van der Waals surface area contributed by atoms with Crippen LogP contribution in [-0.4, -0.2) is 38.2 Å². The first-order valence-electron chi connectivity index (χ1n) is 10.3. The Bertz CT molecular complexity index is 1130. The van der Waals surface area contributed by atoms with E-state index in [2.05, 4.69) is 10.6 Å². The summed E-state index contributed by atoms with van der Waals surface area (Å²) in [6, 6.07) is 23.8. The molecule has 3 rings (SSSR count). The number of benzene rings is 3. The summed E-state index contributed by atoms with van der Waals surface area (Å²) in [5.41, 5.74) is 2.05. The number of amides is 2. The van der Waals surface area contributed by atoms with E-state index in [0.29, 0.717) is 11.4 Å². The van der Waals surface area contributed by atoms with Crippen molar-refractivity contribution < 1.29 is 18.0 Å². The number of nitrogens with two attached hydrogens (primary N) is 1.